The number of hydrogen-bond acceptors (Lipinski definition) is 4. The van der Waals surface area contributed by atoms with Gasteiger partial charge in [0.15, 0.2) is 11.5 Å². The summed E-state index contributed by atoms with van der Waals surface area (Å²) in [6.07, 6.45) is 0. The summed E-state index contributed by atoms with van der Waals surface area (Å²) >= 11 is 1.66. The molecule has 1 aliphatic heterocycles. The standard InChI is InChI=1S/C17H19NO3S/c1-17(2,3)15(14-5-4-8-22-14)18-16(19)11-6-7-12-13(9-11)21-10-20-12/h4-9,15H,10H2,1-3H3,(H,18,19). The molecule has 2 heterocycles. The summed E-state index contributed by atoms with van der Waals surface area (Å²) in [5, 5.41) is 5.17. The second-order valence-electron chi connectivity index (χ2n) is 6.36. The van der Waals surface area contributed by atoms with Crippen LogP contribution in [-0.2, 0) is 0 Å². The highest BCUT2D eigenvalue weighted by molar-refractivity contribution is 7.10. The Morgan fingerprint density at radius 1 is 1.23 bits per heavy atom. The first kappa shape index (κ1) is 14.9. The van der Waals surface area contributed by atoms with Crippen molar-refractivity contribution in [2.24, 2.45) is 5.41 Å². The number of thiophene rings is 1. The van der Waals surface area contributed by atoms with Crippen LogP contribution >= 0.6 is 11.3 Å². The predicted octanol–water partition coefficient (Wildman–Crippen LogP) is 3.99. The number of ether oxygens (including phenoxy) is 2. The van der Waals surface area contributed by atoms with Crippen molar-refractivity contribution in [3.05, 3.63) is 46.2 Å². The van der Waals surface area contributed by atoms with E-state index in [-0.39, 0.29) is 24.2 Å². The van der Waals surface area contributed by atoms with E-state index in [1.54, 1.807) is 29.5 Å². The van der Waals surface area contributed by atoms with Gasteiger partial charge in [-0.15, -0.1) is 11.3 Å². The quantitative estimate of drug-likeness (QED) is 0.931. The highest BCUT2D eigenvalue weighted by atomic mass is 32.1. The molecule has 1 atom stereocenters. The number of carbonyl (C=O) groups excluding carboxylic acids is 1. The first-order chi connectivity index (χ1) is 10.4. The number of hydrogen-bond donors (Lipinski definition) is 1. The monoisotopic (exact) mass is 317 g/mol. The van der Waals surface area contributed by atoms with Gasteiger partial charge in [0.2, 0.25) is 6.79 Å². The van der Waals surface area contributed by atoms with Gasteiger partial charge < -0.3 is 14.8 Å². The largest absolute Gasteiger partial charge is 0.454 e. The Morgan fingerprint density at radius 2 is 2.00 bits per heavy atom. The van der Waals surface area contributed by atoms with Gasteiger partial charge in [-0.2, -0.15) is 0 Å². The van der Waals surface area contributed by atoms with E-state index >= 15 is 0 Å². The zero-order valence-electron chi connectivity index (χ0n) is 12.9. The van der Waals surface area contributed by atoms with Crippen LogP contribution in [0.15, 0.2) is 35.7 Å². The van der Waals surface area contributed by atoms with Crippen LogP contribution in [0.25, 0.3) is 0 Å². The van der Waals surface area contributed by atoms with Crippen LogP contribution in [0.3, 0.4) is 0 Å². The van der Waals surface area contributed by atoms with Gasteiger partial charge >= 0.3 is 0 Å². The molecule has 0 saturated carbocycles. The fourth-order valence-corrected chi connectivity index (χ4v) is 3.44. The van der Waals surface area contributed by atoms with E-state index in [1.165, 1.54) is 0 Å². The van der Waals surface area contributed by atoms with Crippen molar-refractivity contribution in [3.8, 4) is 11.5 Å². The maximum absolute atomic E-state index is 12.6. The molecule has 1 aromatic heterocycles. The Balaban J connectivity index is 1.82. The molecule has 116 valence electrons. The molecule has 1 unspecified atom stereocenters. The average Bonchev–Trinajstić information content (AvgIpc) is 3.13. The molecular weight excluding hydrogens is 298 g/mol. The summed E-state index contributed by atoms with van der Waals surface area (Å²) in [7, 11) is 0. The number of rotatable bonds is 3. The molecule has 22 heavy (non-hydrogen) atoms. The minimum absolute atomic E-state index is 0.0366. The third kappa shape index (κ3) is 2.95. The van der Waals surface area contributed by atoms with E-state index in [4.69, 9.17) is 9.47 Å². The maximum atomic E-state index is 12.6. The summed E-state index contributed by atoms with van der Waals surface area (Å²) in [5.41, 5.74) is 0.506. The molecule has 1 amide bonds. The molecule has 2 aromatic rings. The van der Waals surface area contributed by atoms with Gasteiger partial charge in [0.25, 0.3) is 5.91 Å². The smallest absolute Gasteiger partial charge is 0.251 e. The van der Waals surface area contributed by atoms with E-state index in [0.717, 1.165) is 4.88 Å². The third-order valence-electron chi connectivity index (χ3n) is 3.60. The molecule has 0 saturated heterocycles. The van der Waals surface area contributed by atoms with Crippen LogP contribution in [0.2, 0.25) is 0 Å². The summed E-state index contributed by atoms with van der Waals surface area (Å²) in [6, 6.07) is 9.29. The fourth-order valence-electron chi connectivity index (χ4n) is 2.42. The van der Waals surface area contributed by atoms with E-state index in [0.29, 0.717) is 17.1 Å². The molecule has 1 aliphatic rings. The van der Waals surface area contributed by atoms with Gasteiger partial charge in [0.05, 0.1) is 6.04 Å². The summed E-state index contributed by atoms with van der Waals surface area (Å²) in [5.74, 6) is 1.20. The highest BCUT2D eigenvalue weighted by Gasteiger charge is 2.29. The first-order valence-electron chi connectivity index (χ1n) is 7.19. The van der Waals surface area contributed by atoms with E-state index < -0.39 is 0 Å². The Hall–Kier alpha value is -2.01. The zero-order valence-corrected chi connectivity index (χ0v) is 13.7. The van der Waals surface area contributed by atoms with Crippen molar-refractivity contribution in [2.75, 3.05) is 6.79 Å². The molecular formula is C17H19NO3S. The molecule has 5 heteroatoms. The fraction of sp³-hybridized carbons (Fsp3) is 0.353. The molecule has 0 aliphatic carbocycles. The van der Waals surface area contributed by atoms with Gasteiger partial charge in [0.1, 0.15) is 0 Å². The number of amides is 1. The topological polar surface area (TPSA) is 47.6 Å². The van der Waals surface area contributed by atoms with Gasteiger partial charge in [-0.05, 0) is 35.1 Å². The molecule has 4 nitrogen and oxygen atoms in total. The third-order valence-corrected chi connectivity index (χ3v) is 4.54. The van der Waals surface area contributed by atoms with Gasteiger partial charge in [0, 0.05) is 10.4 Å². The lowest BCUT2D eigenvalue weighted by atomic mass is 9.85. The summed E-state index contributed by atoms with van der Waals surface area (Å²) in [6.45, 7) is 6.58. The molecule has 0 spiro atoms. The normalized spacial score (nSPS) is 14.7. The van der Waals surface area contributed by atoms with Crippen LogP contribution in [0, 0.1) is 5.41 Å². The second-order valence-corrected chi connectivity index (χ2v) is 7.34. The molecule has 3 rings (SSSR count). The van der Waals surface area contributed by atoms with Crippen LogP contribution in [0.5, 0.6) is 11.5 Å². The van der Waals surface area contributed by atoms with Crippen molar-refractivity contribution in [1.82, 2.24) is 5.32 Å². The number of fused-ring (bicyclic) bond motifs is 1. The van der Waals surface area contributed by atoms with Crippen molar-refractivity contribution in [3.63, 3.8) is 0 Å². The average molecular weight is 317 g/mol. The second kappa shape index (κ2) is 5.65. The highest BCUT2D eigenvalue weighted by Crippen LogP contribution is 2.36. The van der Waals surface area contributed by atoms with Crippen LogP contribution < -0.4 is 14.8 Å². The first-order valence-corrected chi connectivity index (χ1v) is 8.07. The number of nitrogens with one attached hydrogen (secondary N) is 1. The lowest BCUT2D eigenvalue weighted by molar-refractivity contribution is 0.0903. The lowest BCUT2D eigenvalue weighted by Gasteiger charge is -2.30. The lowest BCUT2D eigenvalue weighted by Crippen LogP contribution is -2.36. The van der Waals surface area contributed by atoms with Crippen molar-refractivity contribution >= 4 is 17.2 Å². The van der Waals surface area contributed by atoms with Crippen LogP contribution in [0.4, 0.5) is 0 Å². The Kier molecular flexibility index (Phi) is 3.83. The van der Waals surface area contributed by atoms with Crippen LogP contribution in [-0.4, -0.2) is 12.7 Å². The van der Waals surface area contributed by atoms with Gasteiger partial charge in [-0.3, -0.25) is 4.79 Å². The van der Waals surface area contributed by atoms with Crippen molar-refractivity contribution in [2.45, 2.75) is 26.8 Å². The summed E-state index contributed by atoms with van der Waals surface area (Å²) < 4.78 is 10.6. The zero-order chi connectivity index (χ0) is 15.7. The van der Waals surface area contributed by atoms with Crippen molar-refractivity contribution in [1.29, 1.82) is 0 Å². The molecule has 1 N–H and O–H groups in total. The predicted molar refractivity (Wildman–Crippen MR) is 86.5 cm³/mol. The molecule has 1 aromatic carbocycles. The Bertz CT molecular complexity index is 674. The minimum atomic E-state index is -0.105. The van der Waals surface area contributed by atoms with Gasteiger partial charge in [-0.1, -0.05) is 26.8 Å². The Morgan fingerprint density at radius 3 is 2.68 bits per heavy atom. The van der Waals surface area contributed by atoms with E-state index in [9.17, 15) is 4.79 Å². The van der Waals surface area contributed by atoms with Crippen molar-refractivity contribution < 1.29 is 14.3 Å². The van der Waals surface area contributed by atoms with E-state index in [1.807, 2.05) is 11.4 Å². The summed E-state index contributed by atoms with van der Waals surface area (Å²) in [4.78, 5) is 13.7. The number of benzene rings is 1. The molecule has 0 fully saturated rings. The SMILES string of the molecule is CC(C)(C)C(NC(=O)c1ccc2c(c1)OCO2)c1cccs1. The Labute approximate surface area is 134 Å². The number of carbonyl (C=O) groups is 1. The molecule has 0 bridgehead atoms. The van der Waals surface area contributed by atoms with Crippen LogP contribution in [0.1, 0.15) is 42.0 Å². The maximum Gasteiger partial charge on any atom is 0.251 e. The van der Waals surface area contributed by atoms with E-state index in [2.05, 4.69) is 32.2 Å². The van der Waals surface area contributed by atoms with Gasteiger partial charge in [-0.25, -0.2) is 0 Å². The molecule has 0 radical (unpaired) electrons. The minimum Gasteiger partial charge on any atom is -0.454 e.